The molecule has 0 bridgehead atoms. The van der Waals surface area contributed by atoms with Crippen molar-refractivity contribution in [3.05, 3.63) is 0 Å². The van der Waals surface area contributed by atoms with Crippen LogP contribution in [0.3, 0.4) is 0 Å². The number of rotatable bonds is 5. The Morgan fingerprint density at radius 3 is 2.25 bits per heavy atom. The largest absolute Gasteiger partial charge is 0.381 e. The Morgan fingerprint density at radius 1 is 1.15 bits per heavy atom. The maximum atomic E-state index is 6.07. The summed E-state index contributed by atoms with van der Waals surface area (Å²) in [7, 11) is 4.01. The third-order valence-corrected chi connectivity index (χ3v) is 5.75. The van der Waals surface area contributed by atoms with E-state index in [0.717, 1.165) is 19.1 Å². The minimum absolute atomic E-state index is 0.0442. The molecule has 1 N–H and O–H groups in total. The average Bonchev–Trinajstić information content (AvgIpc) is 2.47. The number of hydrogen-bond donors (Lipinski definition) is 1. The molecule has 0 aromatic rings. The van der Waals surface area contributed by atoms with Crippen molar-refractivity contribution in [1.29, 1.82) is 0 Å². The maximum Gasteiger partial charge on any atom is 0.0831 e. The molecular weight excluding hydrogens is 250 g/mol. The molecule has 20 heavy (non-hydrogen) atoms. The SMILES string of the molecule is CNC(CC1CCOCC1)C1(OC)CCC(C)(C)CC1. The molecule has 0 spiro atoms. The molecule has 1 aliphatic heterocycles. The molecule has 0 aromatic carbocycles. The summed E-state index contributed by atoms with van der Waals surface area (Å²) in [6.07, 6.45) is 8.57. The van der Waals surface area contributed by atoms with Crippen LogP contribution < -0.4 is 5.32 Å². The van der Waals surface area contributed by atoms with Gasteiger partial charge in [0.25, 0.3) is 0 Å². The van der Waals surface area contributed by atoms with Crippen LogP contribution in [-0.4, -0.2) is 39.0 Å². The highest BCUT2D eigenvalue weighted by atomic mass is 16.5. The van der Waals surface area contributed by atoms with Crippen LogP contribution in [0.4, 0.5) is 0 Å². The molecule has 2 fully saturated rings. The summed E-state index contributed by atoms with van der Waals surface area (Å²) in [6.45, 7) is 6.65. The molecular formula is C17H33NO2. The van der Waals surface area contributed by atoms with Crippen LogP contribution in [0.1, 0.15) is 58.8 Å². The van der Waals surface area contributed by atoms with E-state index in [0.29, 0.717) is 11.5 Å². The molecule has 3 nitrogen and oxygen atoms in total. The van der Waals surface area contributed by atoms with Gasteiger partial charge in [-0.15, -0.1) is 0 Å². The third kappa shape index (κ3) is 3.75. The van der Waals surface area contributed by atoms with E-state index >= 15 is 0 Å². The van der Waals surface area contributed by atoms with E-state index in [1.807, 2.05) is 7.11 Å². The number of nitrogens with one attached hydrogen (secondary N) is 1. The first-order valence-corrected chi connectivity index (χ1v) is 8.31. The van der Waals surface area contributed by atoms with Gasteiger partial charge in [-0.3, -0.25) is 0 Å². The van der Waals surface area contributed by atoms with E-state index in [2.05, 4.69) is 26.2 Å². The van der Waals surface area contributed by atoms with Crippen LogP contribution in [0.2, 0.25) is 0 Å². The molecule has 2 rings (SSSR count). The predicted molar refractivity (Wildman–Crippen MR) is 83.0 cm³/mol. The molecule has 1 atom stereocenters. The molecule has 0 aromatic heterocycles. The van der Waals surface area contributed by atoms with Crippen molar-refractivity contribution in [2.24, 2.45) is 11.3 Å². The Kier molecular flexibility index (Phi) is 5.49. The van der Waals surface area contributed by atoms with Gasteiger partial charge in [0.1, 0.15) is 0 Å². The summed E-state index contributed by atoms with van der Waals surface area (Å²) in [4.78, 5) is 0. The molecule has 1 unspecified atom stereocenters. The van der Waals surface area contributed by atoms with Crippen LogP contribution in [0.15, 0.2) is 0 Å². The Labute approximate surface area is 124 Å². The third-order valence-electron chi connectivity index (χ3n) is 5.75. The highest BCUT2D eigenvalue weighted by Gasteiger charge is 2.44. The van der Waals surface area contributed by atoms with Gasteiger partial charge < -0.3 is 14.8 Å². The normalized spacial score (nSPS) is 28.2. The highest BCUT2D eigenvalue weighted by Crippen LogP contribution is 2.44. The first-order valence-electron chi connectivity index (χ1n) is 8.31. The smallest absolute Gasteiger partial charge is 0.0831 e. The van der Waals surface area contributed by atoms with Crippen LogP contribution in [0.5, 0.6) is 0 Å². The van der Waals surface area contributed by atoms with Crippen LogP contribution in [0.25, 0.3) is 0 Å². The van der Waals surface area contributed by atoms with Gasteiger partial charge in [-0.2, -0.15) is 0 Å². The highest BCUT2D eigenvalue weighted by molar-refractivity contribution is 4.99. The Bertz CT molecular complexity index is 287. The van der Waals surface area contributed by atoms with E-state index in [1.54, 1.807) is 0 Å². The Morgan fingerprint density at radius 2 is 1.75 bits per heavy atom. The van der Waals surface area contributed by atoms with Gasteiger partial charge in [0.15, 0.2) is 0 Å². The van der Waals surface area contributed by atoms with Crippen molar-refractivity contribution in [1.82, 2.24) is 5.32 Å². The topological polar surface area (TPSA) is 30.5 Å². The van der Waals surface area contributed by atoms with Gasteiger partial charge >= 0.3 is 0 Å². The minimum atomic E-state index is 0.0442. The van der Waals surface area contributed by atoms with Gasteiger partial charge in [0.05, 0.1) is 5.60 Å². The monoisotopic (exact) mass is 283 g/mol. The summed E-state index contributed by atoms with van der Waals surface area (Å²) in [5.74, 6) is 0.795. The summed E-state index contributed by atoms with van der Waals surface area (Å²) in [5, 5.41) is 3.57. The lowest BCUT2D eigenvalue weighted by Gasteiger charge is -2.48. The molecule has 0 amide bonds. The van der Waals surface area contributed by atoms with Crippen molar-refractivity contribution >= 4 is 0 Å². The number of hydrogen-bond acceptors (Lipinski definition) is 3. The van der Waals surface area contributed by atoms with E-state index < -0.39 is 0 Å². The van der Waals surface area contributed by atoms with Gasteiger partial charge in [0.2, 0.25) is 0 Å². The van der Waals surface area contributed by atoms with Crippen molar-refractivity contribution in [3.8, 4) is 0 Å². The van der Waals surface area contributed by atoms with Crippen molar-refractivity contribution < 1.29 is 9.47 Å². The van der Waals surface area contributed by atoms with E-state index in [4.69, 9.17) is 9.47 Å². The number of likely N-dealkylation sites (N-methyl/N-ethyl adjacent to an activating group) is 1. The summed E-state index contributed by atoms with van der Waals surface area (Å²) < 4.78 is 11.6. The van der Waals surface area contributed by atoms with Crippen molar-refractivity contribution in [2.75, 3.05) is 27.4 Å². The standard InChI is InChI=1S/C17H33NO2/c1-16(2)7-9-17(19-4,10-8-16)15(18-3)13-14-5-11-20-12-6-14/h14-15,18H,5-13H2,1-4H3. The van der Waals surface area contributed by atoms with E-state index in [9.17, 15) is 0 Å². The van der Waals surface area contributed by atoms with Gasteiger partial charge in [-0.25, -0.2) is 0 Å². The fourth-order valence-electron chi connectivity index (χ4n) is 3.96. The zero-order valence-electron chi connectivity index (χ0n) is 13.8. The van der Waals surface area contributed by atoms with E-state index in [-0.39, 0.29) is 5.60 Å². The van der Waals surface area contributed by atoms with E-state index in [1.165, 1.54) is 44.9 Å². The molecule has 3 heteroatoms. The van der Waals surface area contributed by atoms with Gasteiger partial charge in [0, 0.05) is 26.4 Å². The van der Waals surface area contributed by atoms with Crippen LogP contribution >= 0.6 is 0 Å². The fourth-order valence-corrected chi connectivity index (χ4v) is 3.96. The molecule has 1 saturated carbocycles. The average molecular weight is 283 g/mol. The quantitative estimate of drug-likeness (QED) is 0.839. The second-order valence-electron chi connectivity index (χ2n) is 7.57. The second-order valence-corrected chi connectivity index (χ2v) is 7.57. The first kappa shape index (κ1) is 16.3. The lowest BCUT2D eigenvalue weighted by molar-refractivity contribution is -0.0917. The van der Waals surface area contributed by atoms with Gasteiger partial charge in [-0.05, 0) is 63.3 Å². The van der Waals surface area contributed by atoms with Crippen LogP contribution in [-0.2, 0) is 9.47 Å². The zero-order valence-corrected chi connectivity index (χ0v) is 13.8. The molecule has 1 aliphatic carbocycles. The van der Waals surface area contributed by atoms with Crippen molar-refractivity contribution in [3.63, 3.8) is 0 Å². The molecule has 0 radical (unpaired) electrons. The molecule has 1 heterocycles. The lowest BCUT2D eigenvalue weighted by Crippen LogP contribution is -2.54. The second kappa shape index (κ2) is 6.76. The summed E-state index contributed by atoms with van der Waals surface area (Å²) in [5.41, 5.74) is 0.529. The number of ether oxygens (including phenoxy) is 2. The summed E-state index contributed by atoms with van der Waals surface area (Å²) >= 11 is 0. The first-order chi connectivity index (χ1) is 9.51. The fraction of sp³-hybridized carbons (Fsp3) is 1.00. The Hall–Kier alpha value is -0.120. The molecule has 118 valence electrons. The Balaban J connectivity index is 1.99. The lowest BCUT2D eigenvalue weighted by atomic mass is 9.67. The maximum absolute atomic E-state index is 6.07. The molecule has 2 aliphatic rings. The van der Waals surface area contributed by atoms with Gasteiger partial charge in [-0.1, -0.05) is 13.8 Å². The zero-order chi connectivity index (χ0) is 14.6. The van der Waals surface area contributed by atoms with Crippen molar-refractivity contribution in [2.45, 2.75) is 70.4 Å². The minimum Gasteiger partial charge on any atom is -0.381 e. The number of methoxy groups -OCH3 is 1. The predicted octanol–water partition coefficient (Wildman–Crippen LogP) is 3.38. The van der Waals surface area contributed by atoms with Crippen LogP contribution in [0, 0.1) is 11.3 Å². The molecule has 1 saturated heterocycles. The summed E-state index contributed by atoms with van der Waals surface area (Å²) in [6, 6.07) is 0.478.